The molecule has 0 saturated heterocycles. The summed E-state index contributed by atoms with van der Waals surface area (Å²) in [5, 5.41) is 5.05. The van der Waals surface area contributed by atoms with Crippen molar-refractivity contribution in [1.82, 2.24) is 15.0 Å². The summed E-state index contributed by atoms with van der Waals surface area (Å²) in [7, 11) is -3.37. The fourth-order valence-electron chi connectivity index (χ4n) is 4.02. The lowest BCUT2D eigenvalue weighted by molar-refractivity contribution is -0.118. The molecular formula is C28H27N5O6S2. The predicted molar refractivity (Wildman–Crippen MR) is 158 cm³/mol. The highest BCUT2D eigenvalue weighted by Gasteiger charge is 2.17. The molecule has 0 unspecified atom stereocenters. The van der Waals surface area contributed by atoms with Crippen LogP contribution in [0.2, 0.25) is 0 Å². The second kappa shape index (κ2) is 12.0. The number of thioether (sulfide) groups is 1. The Morgan fingerprint density at radius 3 is 2.61 bits per heavy atom. The molecule has 2 heterocycles. The van der Waals surface area contributed by atoms with Crippen molar-refractivity contribution in [3.8, 4) is 11.5 Å². The van der Waals surface area contributed by atoms with E-state index < -0.39 is 10.0 Å². The SMILES string of the molecule is CCS(=O)(=O)Nc1ccc(/C(C)=N/NC(=O)CSc2nc3ccccc3c(=O)n2Cc2ccc3c(c2)OCO3)cc1. The zero-order valence-corrected chi connectivity index (χ0v) is 23.9. The number of carbonyl (C=O) groups is 1. The van der Waals surface area contributed by atoms with E-state index in [2.05, 4.69) is 20.2 Å². The van der Waals surface area contributed by atoms with Crippen molar-refractivity contribution in [2.75, 3.05) is 23.0 Å². The molecule has 212 valence electrons. The van der Waals surface area contributed by atoms with E-state index in [1.54, 1.807) is 73.0 Å². The number of carbonyl (C=O) groups excluding carboxylic acids is 1. The van der Waals surface area contributed by atoms with Gasteiger partial charge in [0.25, 0.3) is 11.5 Å². The molecule has 0 atom stereocenters. The second-order valence-corrected chi connectivity index (χ2v) is 12.0. The van der Waals surface area contributed by atoms with Crippen molar-refractivity contribution < 1.29 is 22.7 Å². The molecule has 4 aromatic rings. The lowest BCUT2D eigenvalue weighted by atomic mass is 10.1. The van der Waals surface area contributed by atoms with Gasteiger partial charge < -0.3 is 9.47 Å². The van der Waals surface area contributed by atoms with Gasteiger partial charge in [0.05, 0.1) is 34.7 Å². The van der Waals surface area contributed by atoms with Gasteiger partial charge in [-0.2, -0.15) is 5.10 Å². The molecule has 3 aromatic carbocycles. The van der Waals surface area contributed by atoms with Crippen LogP contribution in [0, 0.1) is 0 Å². The summed E-state index contributed by atoms with van der Waals surface area (Å²) < 4.78 is 38.4. The van der Waals surface area contributed by atoms with Crippen LogP contribution in [0.5, 0.6) is 11.5 Å². The zero-order valence-electron chi connectivity index (χ0n) is 22.3. The quantitative estimate of drug-likeness (QED) is 0.123. The van der Waals surface area contributed by atoms with E-state index in [1.807, 2.05) is 12.1 Å². The van der Waals surface area contributed by atoms with Gasteiger partial charge in [0.1, 0.15) is 0 Å². The average molecular weight is 594 g/mol. The third-order valence-electron chi connectivity index (χ3n) is 6.24. The molecule has 0 saturated carbocycles. The Hall–Kier alpha value is -4.36. The average Bonchev–Trinajstić information content (AvgIpc) is 3.45. The van der Waals surface area contributed by atoms with Crippen LogP contribution in [0.4, 0.5) is 5.69 Å². The largest absolute Gasteiger partial charge is 0.454 e. The number of ether oxygens (including phenoxy) is 2. The predicted octanol–water partition coefficient (Wildman–Crippen LogP) is 3.57. The molecule has 0 bridgehead atoms. The standard InChI is InChI=1S/C28H27N5O6S2/c1-3-41(36,37)32-21-11-9-20(10-12-21)18(2)30-31-26(34)16-40-28-29-23-7-5-4-6-22(23)27(35)33(28)15-19-8-13-24-25(14-19)39-17-38-24/h4-14,32H,3,15-17H2,1-2H3,(H,31,34)/b30-18+. The molecule has 2 N–H and O–H groups in total. The number of nitrogens with zero attached hydrogens (tertiary/aromatic N) is 3. The number of para-hydroxylation sites is 1. The van der Waals surface area contributed by atoms with Crippen molar-refractivity contribution in [2.45, 2.75) is 25.5 Å². The first kappa shape index (κ1) is 28.2. The monoisotopic (exact) mass is 593 g/mol. The Morgan fingerprint density at radius 1 is 1.07 bits per heavy atom. The highest BCUT2D eigenvalue weighted by atomic mass is 32.2. The normalized spacial score (nSPS) is 12.9. The number of amides is 1. The van der Waals surface area contributed by atoms with Crippen LogP contribution in [0.1, 0.15) is 25.0 Å². The van der Waals surface area contributed by atoms with Crippen molar-refractivity contribution in [3.63, 3.8) is 0 Å². The molecule has 1 aliphatic rings. The first-order valence-corrected chi connectivity index (χ1v) is 15.3. The van der Waals surface area contributed by atoms with Gasteiger partial charge in [-0.15, -0.1) is 0 Å². The van der Waals surface area contributed by atoms with Gasteiger partial charge in [0.2, 0.25) is 16.8 Å². The maximum absolute atomic E-state index is 13.4. The number of fused-ring (bicyclic) bond motifs is 2. The van der Waals surface area contributed by atoms with E-state index in [0.29, 0.717) is 44.5 Å². The first-order valence-electron chi connectivity index (χ1n) is 12.7. The molecule has 1 aliphatic heterocycles. The van der Waals surface area contributed by atoms with E-state index in [0.717, 1.165) is 17.3 Å². The fraction of sp³-hybridized carbons (Fsp3) is 0.214. The highest BCUT2D eigenvalue weighted by molar-refractivity contribution is 7.99. The number of sulfonamides is 1. The van der Waals surface area contributed by atoms with Crippen LogP contribution in [0.25, 0.3) is 10.9 Å². The summed E-state index contributed by atoms with van der Waals surface area (Å²) in [4.78, 5) is 30.8. The summed E-state index contributed by atoms with van der Waals surface area (Å²) >= 11 is 1.14. The van der Waals surface area contributed by atoms with Gasteiger partial charge in [0.15, 0.2) is 16.7 Å². The number of nitrogens with one attached hydrogen (secondary N) is 2. The van der Waals surface area contributed by atoms with Gasteiger partial charge in [0, 0.05) is 5.69 Å². The molecule has 13 heteroatoms. The maximum Gasteiger partial charge on any atom is 0.262 e. The van der Waals surface area contributed by atoms with Crippen LogP contribution in [-0.4, -0.2) is 47.9 Å². The minimum absolute atomic E-state index is 0.0252. The number of aromatic nitrogens is 2. The van der Waals surface area contributed by atoms with Crippen LogP contribution in [0.15, 0.2) is 81.8 Å². The molecule has 0 aliphatic carbocycles. The Morgan fingerprint density at radius 2 is 1.83 bits per heavy atom. The number of hydrazone groups is 1. The van der Waals surface area contributed by atoms with Crippen LogP contribution in [-0.2, 0) is 21.4 Å². The number of hydrogen-bond donors (Lipinski definition) is 2. The fourth-order valence-corrected chi connectivity index (χ4v) is 5.45. The van der Waals surface area contributed by atoms with E-state index in [-0.39, 0.29) is 36.3 Å². The van der Waals surface area contributed by atoms with Crippen LogP contribution < -0.4 is 25.2 Å². The lowest BCUT2D eigenvalue weighted by Crippen LogP contribution is -2.26. The molecule has 0 spiro atoms. The molecule has 1 amide bonds. The summed E-state index contributed by atoms with van der Waals surface area (Å²) in [6.45, 7) is 3.68. The van der Waals surface area contributed by atoms with Crippen LogP contribution >= 0.6 is 11.8 Å². The Bertz CT molecular complexity index is 1800. The van der Waals surface area contributed by atoms with Crippen molar-refractivity contribution >= 4 is 50.0 Å². The topological polar surface area (TPSA) is 141 Å². The molecule has 0 fully saturated rings. The van der Waals surface area contributed by atoms with Crippen molar-refractivity contribution in [3.05, 3.63) is 88.2 Å². The Balaban J connectivity index is 1.29. The van der Waals surface area contributed by atoms with Gasteiger partial charge in [-0.1, -0.05) is 42.1 Å². The van der Waals surface area contributed by atoms with E-state index >= 15 is 0 Å². The molecular weight excluding hydrogens is 566 g/mol. The summed E-state index contributed by atoms with van der Waals surface area (Å²) in [6, 6.07) is 19.2. The summed E-state index contributed by atoms with van der Waals surface area (Å²) in [5.41, 5.74) is 5.39. The van der Waals surface area contributed by atoms with Gasteiger partial charge >= 0.3 is 0 Å². The van der Waals surface area contributed by atoms with Gasteiger partial charge in [-0.3, -0.25) is 18.9 Å². The smallest absolute Gasteiger partial charge is 0.262 e. The van der Waals surface area contributed by atoms with Crippen molar-refractivity contribution in [1.29, 1.82) is 0 Å². The third kappa shape index (κ3) is 6.69. The van der Waals surface area contributed by atoms with Crippen molar-refractivity contribution in [2.24, 2.45) is 5.10 Å². The second-order valence-electron chi connectivity index (χ2n) is 9.09. The minimum Gasteiger partial charge on any atom is -0.454 e. The first-order chi connectivity index (χ1) is 19.7. The van der Waals surface area contributed by atoms with E-state index in [4.69, 9.17) is 9.47 Å². The Kier molecular flexibility index (Phi) is 8.26. The molecule has 11 nitrogen and oxygen atoms in total. The molecule has 5 rings (SSSR count). The highest BCUT2D eigenvalue weighted by Crippen LogP contribution is 2.33. The molecule has 0 radical (unpaired) electrons. The third-order valence-corrected chi connectivity index (χ3v) is 8.52. The van der Waals surface area contributed by atoms with Gasteiger partial charge in [-0.25, -0.2) is 18.8 Å². The summed E-state index contributed by atoms with van der Waals surface area (Å²) in [5.74, 6) is 0.835. The van der Waals surface area contributed by atoms with E-state index in [9.17, 15) is 18.0 Å². The zero-order chi connectivity index (χ0) is 29.0. The maximum atomic E-state index is 13.4. The molecule has 1 aromatic heterocycles. The molecule has 41 heavy (non-hydrogen) atoms. The number of hydrogen-bond acceptors (Lipinski definition) is 9. The van der Waals surface area contributed by atoms with Gasteiger partial charge in [-0.05, 0) is 61.4 Å². The Labute approximate surface area is 240 Å². The number of anilines is 1. The van der Waals surface area contributed by atoms with Crippen LogP contribution in [0.3, 0.4) is 0 Å². The lowest BCUT2D eigenvalue weighted by Gasteiger charge is -2.13. The van der Waals surface area contributed by atoms with E-state index in [1.165, 1.54) is 0 Å². The minimum atomic E-state index is -3.37. The summed E-state index contributed by atoms with van der Waals surface area (Å²) in [6.07, 6.45) is 0. The number of rotatable bonds is 10. The number of benzene rings is 3.